The van der Waals surface area contributed by atoms with E-state index in [1.807, 2.05) is 28.4 Å². The zero-order valence-electron chi connectivity index (χ0n) is 16.9. The second-order valence-corrected chi connectivity index (χ2v) is 9.27. The molecule has 2 N–H and O–H groups in total. The average molecular weight is 565 g/mol. The summed E-state index contributed by atoms with van der Waals surface area (Å²) in [6.45, 7) is -0.0511. The third-order valence-electron chi connectivity index (χ3n) is 4.25. The van der Waals surface area contributed by atoms with Crippen molar-refractivity contribution in [3.63, 3.8) is 0 Å². The Bertz CT molecular complexity index is 1080. The van der Waals surface area contributed by atoms with Crippen LogP contribution in [0.3, 0.4) is 0 Å². The number of hydrogen-bond donors (Lipinski definition) is 2. The molecule has 0 aliphatic heterocycles. The Morgan fingerprint density at radius 3 is 2.50 bits per heavy atom. The van der Waals surface area contributed by atoms with E-state index in [9.17, 15) is 13.2 Å². The molecular formula is C20H18BrClF3N5S2. The smallest absolute Gasteiger partial charge is 0.365 e. The van der Waals surface area contributed by atoms with Gasteiger partial charge in [0.05, 0.1) is 20.7 Å². The molecule has 0 saturated carbocycles. The Balaban J connectivity index is 1.77. The van der Waals surface area contributed by atoms with E-state index in [0.717, 1.165) is 11.8 Å². The molecule has 0 atom stereocenters. The molecule has 3 aromatic rings. The predicted molar refractivity (Wildman–Crippen MR) is 133 cm³/mol. The molecule has 0 bridgehead atoms. The molecule has 0 unspecified atom stereocenters. The summed E-state index contributed by atoms with van der Waals surface area (Å²) in [5.74, 6) is 0.633. The largest absolute Gasteiger partial charge is 0.416 e. The van der Waals surface area contributed by atoms with Crippen molar-refractivity contribution in [1.29, 1.82) is 0 Å². The van der Waals surface area contributed by atoms with Crippen LogP contribution in [0.1, 0.15) is 11.1 Å². The zero-order chi connectivity index (χ0) is 23.3. The van der Waals surface area contributed by atoms with Crippen molar-refractivity contribution in [3.8, 4) is 0 Å². The fraction of sp³-hybridized carbons (Fsp3) is 0.200. The Hall–Kier alpha value is -1.82. The minimum atomic E-state index is -4.43. The van der Waals surface area contributed by atoms with Crippen molar-refractivity contribution in [2.24, 2.45) is 0 Å². The van der Waals surface area contributed by atoms with E-state index in [0.29, 0.717) is 21.0 Å². The van der Waals surface area contributed by atoms with Gasteiger partial charge < -0.3 is 10.6 Å². The second kappa shape index (κ2) is 10.9. The van der Waals surface area contributed by atoms with Crippen LogP contribution >= 0.6 is 51.4 Å². The van der Waals surface area contributed by atoms with Crippen LogP contribution < -0.4 is 14.3 Å². The van der Waals surface area contributed by atoms with Gasteiger partial charge in [-0.3, -0.25) is 3.71 Å². The van der Waals surface area contributed by atoms with Crippen LogP contribution in [-0.2, 0) is 12.7 Å². The Kier molecular flexibility index (Phi) is 8.43. The van der Waals surface area contributed by atoms with Crippen molar-refractivity contribution in [3.05, 3.63) is 69.3 Å². The number of nitrogens with zero attached hydrogens (tertiary/aromatic N) is 3. The van der Waals surface area contributed by atoms with E-state index < -0.39 is 11.7 Å². The van der Waals surface area contributed by atoms with E-state index in [1.165, 1.54) is 42.2 Å². The molecule has 1 heterocycles. The van der Waals surface area contributed by atoms with Crippen molar-refractivity contribution in [1.82, 2.24) is 9.97 Å². The molecule has 1 aromatic heterocycles. The summed E-state index contributed by atoms with van der Waals surface area (Å²) in [4.78, 5) is 8.59. The first-order valence-corrected chi connectivity index (χ1v) is 12.6. The number of rotatable bonds is 8. The highest BCUT2D eigenvalue weighted by Gasteiger charge is 2.32. The normalized spacial score (nSPS) is 11.3. The van der Waals surface area contributed by atoms with Gasteiger partial charge in [0.1, 0.15) is 5.82 Å². The lowest BCUT2D eigenvalue weighted by molar-refractivity contribution is -0.138. The van der Waals surface area contributed by atoms with E-state index in [2.05, 4.69) is 36.5 Å². The molecular weight excluding hydrogens is 547 g/mol. The predicted octanol–water partition coefficient (Wildman–Crippen LogP) is 7.63. The maximum absolute atomic E-state index is 13.2. The van der Waals surface area contributed by atoms with Gasteiger partial charge in [0, 0.05) is 30.9 Å². The lowest BCUT2D eigenvalue weighted by Crippen LogP contribution is -2.12. The fourth-order valence-corrected chi connectivity index (χ4v) is 4.82. The van der Waals surface area contributed by atoms with Crippen LogP contribution in [-0.4, -0.2) is 22.5 Å². The molecule has 0 radical (unpaired) electrons. The van der Waals surface area contributed by atoms with E-state index in [4.69, 9.17) is 11.6 Å². The summed E-state index contributed by atoms with van der Waals surface area (Å²) in [6, 6.07) is 10.9. The molecule has 0 fully saturated rings. The van der Waals surface area contributed by atoms with Crippen LogP contribution in [0.4, 0.5) is 36.3 Å². The van der Waals surface area contributed by atoms with Crippen LogP contribution in [0, 0.1) is 0 Å². The number of nitrogens with one attached hydrogen (secondary N) is 2. The van der Waals surface area contributed by atoms with Gasteiger partial charge in [0.15, 0.2) is 0 Å². The van der Waals surface area contributed by atoms with Gasteiger partial charge in [-0.05, 0) is 69.7 Å². The third-order valence-corrected chi connectivity index (χ3v) is 7.08. The van der Waals surface area contributed by atoms with E-state index in [1.54, 1.807) is 12.1 Å². The number of halogens is 5. The third kappa shape index (κ3) is 6.15. The van der Waals surface area contributed by atoms with Gasteiger partial charge in [-0.1, -0.05) is 29.8 Å². The van der Waals surface area contributed by atoms with E-state index in [-0.39, 0.29) is 18.1 Å². The van der Waals surface area contributed by atoms with Gasteiger partial charge >= 0.3 is 6.18 Å². The topological polar surface area (TPSA) is 53.1 Å². The van der Waals surface area contributed by atoms with Gasteiger partial charge in [0.2, 0.25) is 5.95 Å². The molecule has 12 heteroatoms. The van der Waals surface area contributed by atoms with Gasteiger partial charge in [-0.15, -0.1) is 0 Å². The number of hydrogen-bond acceptors (Lipinski definition) is 7. The first kappa shape index (κ1) is 24.8. The first-order valence-electron chi connectivity index (χ1n) is 9.09. The fourth-order valence-electron chi connectivity index (χ4n) is 2.81. The monoisotopic (exact) mass is 563 g/mol. The van der Waals surface area contributed by atoms with E-state index >= 15 is 0 Å². The maximum atomic E-state index is 13.2. The highest BCUT2D eigenvalue weighted by molar-refractivity contribution is 9.10. The first-order chi connectivity index (χ1) is 15.2. The highest BCUT2D eigenvalue weighted by Crippen LogP contribution is 2.36. The minimum absolute atomic E-state index is 0.0511. The van der Waals surface area contributed by atoms with Crippen LogP contribution in [0.2, 0.25) is 5.02 Å². The number of alkyl halides is 3. The summed E-state index contributed by atoms with van der Waals surface area (Å²) < 4.78 is 42.2. The summed E-state index contributed by atoms with van der Waals surface area (Å²) in [6.07, 6.45) is 1.00. The summed E-state index contributed by atoms with van der Waals surface area (Å²) in [5.41, 5.74) is 0.973. The van der Waals surface area contributed by atoms with Crippen molar-refractivity contribution in [2.45, 2.75) is 12.7 Å². The van der Waals surface area contributed by atoms with Gasteiger partial charge in [0.25, 0.3) is 0 Å². The second-order valence-electron chi connectivity index (χ2n) is 6.31. The Morgan fingerprint density at radius 1 is 1.12 bits per heavy atom. The summed E-state index contributed by atoms with van der Waals surface area (Å²) >= 11 is 12.8. The number of anilines is 4. The molecule has 0 amide bonds. The quantitative estimate of drug-likeness (QED) is 0.273. The molecule has 0 saturated heterocycles. The molecule has 5 nitrogen and oxygen atoms in total. The summed E-state index contributed by atoms with van der Waals surface area (Å²) in [5, 5.41) is 6.56. The zero-order valence-corrected chi connectivity index (χ0v) is 20.8. The molecule has 32 heavy (non-hydrogen) atoms. The molecule has 2 aromatic carbocycles. The minimum Gasteiger partial charge on any atom is -0.365 e. The molecule has 170 valence electrons. The number of benzene rings is 2. The van der Waals surface area contributed by atoms with Gasteiger partial charge in [-0.2, -0.15) is 18.2 Å². The average Bonchev–Trinajstić information content (AvgIpc) is 2.76. The van der Waals surface area contributed by atoms with Crippen molar-refractivity contribution >= 4 is 74.6 Å². The molecule has 0 spiro atoms. The Labute approximate surface area is 205 Å². The highest BCUT2D eigenvalue weighted by atomic mass is 79.9. The molecule has 3 rings (SSSR count). The number of aromatic nitrogens is 2. The molecule has 0 aliphatic carbocycles. The van der Waals surface area contributed by atoms with Crippen molar-refractivity contribution < 1.29 is 13.2 Å². The SMILES string of the molecule is CSN(SC)c1ccc(Nc2ncc(Br)c(NCc3ccccc3C(F)(F)F)n2)cc1Cl. The van der Waals surface area contributed by atoms with Crippen LogP contribution in [0.25, 0.3) is 0 Å². The Morgan fingerprint density at radius 2 is 1.84 bits per heavy atom. The summed E-state index contributed by atoms with van der Waals surface area (Å²) in [7, 11) is 0. The van der Waals surface area contributed by atoms with Crippen LogP contribution in [0.15, 0.2) is 53.1 Å². The maximum Gasteiger partial charge on any atom is 0.416 e. The molecule has 0 aliphatic rings. The standard InChI is InChI=1S/C20H18BrClF3N5S2/c1-31-30(32-2)17-8-7-13(9-16(17)22)28-19-27-11-15(21)18(29-19)26-10-12-5-3-4-6-14(12)20(23,24)25/h3-9,11H,10H2,1-2H3,(H2,26,27,28,29). The lowest BCUT2D eigenvalue weighted by Gasteiger charge is -2.19. The van der Waals surface area contributed by atoms with Gasteiger partial charge in [-0.25, -0.2) is 4.98 Å². The van der Waals surface area contributed by atoms with Crippen LogP contribution in [0.5, 0.6) is 0 Å². The van der Waals surface area contributed by atoms with Crippen molar-refractivity contribution in [2.75, 3.05) is 26.9 Å². The lowest BCUT2D eigenvalue weighted by atomic mass is 10.1.